The number of likely N-dealkylation sites (tertiary alicyclic amines) is 1. The summed E-state index contributed by atoms with van der Waals surface area (Å²) in [5.41, 5.74) is 4.08. The summed E-state index contributed by atoms with van der Waals surface area (Å²) in [4.78, 5) is 32.2. The van der Waals surface area contributed by atoms with Crippen molar-refractivity contribution >= 4 is 17.5 Å². The van der Waals surface area contributed by atoms with E-state index in [0.29, 0.717) is 44.1 Å². The Morgan fingerprint density at radius 1 is 1.06 bits per heavy atom. The Labute approximate surface area is 210 Å². The smallest absolute Gasteiger partial charge is 0.274 e. The Balaban J connectivity index is 1.16. The van der Waals surface area contributed by atoms with Gasteiger partial charge in [0, 0.05) is 24.7 Å². The van der Waals surface area contributed by atoms with E-state index in [-0.39, 0.29) is 36.3 Å². The highest BCUT2D eigenvalue weighted by Gasteiger charge is 2.32. The molecule has 1 saturated heterocycles. The van der Waals surface area contributed by atoms with Crippen LogP contribution >= 0.6 is 0 Å². The number of halogens is 1. The van der Waals surface area contributed by atoms with Gasteiger partial charge >= 0.3 is 0 Å². The van der Waals surface area contributed by atoms with E-state index in [4.69, 9.17) is 4.74 Å². The van der Waals surface area contributed by atoms with Crippen molar-refractivity contribution in [3.8, 4) is 0 Å². The van der Waals surface area contributed by atoms with Gasteiger partial charge in [0.1, 0.15) is 11.9 Å². The first-order valence-corrected chi connectivity index (χ1v) is 12.5. The van der Waals surface area contributed by atoms with Gasteiger partial charge in [-0.05, 0) is 54.2 Å². The number of carbonyl (C=O) groups excluding carboxylic acids is 2. The number of fused-ring (bicyclic) bond motifs is 1. The molecule has 0 spiro atoms. The predicted molar refractivity (Wildman–Crippen MR) is 134 cm³/mol. The van der Waals surface area contributed by atoms with E-state index in [1.54, 1.807) is 23.4 Å². The fraction of sp³-hybridized carbons (Fsp3) is 0.393. The lowest BCUT2D eigenvalue weighted by atomic mass is 9.95. The van der Waals surface area contributed by atoms with Crippen LogP contribution in [0.15, 0.2) is 54.9 Å². The standard InChI is InChI=1S/C28H31FN4O3/c1-18(2)19-5-9-23(10-6-19)31-27(34)21-11-13-32(14-12-21)28(35)26-24-16-36-25(15-33(24)17-30-26)20-3-7-22(29)8-4-20/h3-10,17-18,21,25H,11-16H2,1-2H3,(H,31,34)/t25-/m0/s1. The summed E-state index contributed by atoms with van der Waals surface area (Å²) in [5, 5.41) is 3.02. The molecule has 36 heavy (non-hydrogen) atoms. The Bertz CT molecular complexity index is 1230. The van der Waals surface area contributed by atoms with Gasteiger partial charge in [0.2, 0.25) is 5.91 Å². The fourth-order valence-corrected chi connectivity index (χ4v) is 4.88. The molecular weight excluding hydrogens is 459 g/mol. The Kier molecular flexibility index (Phi) is 6.87. The maximum absolute atomic E-state index is 13.2. The lowest BCUT2D eigenvalue weighted by molar-refractivity contribution is -0.121. The number of rotatable bonds is 5. The lowest BCUT2D eigenvalue weighted by Gasteiger charge is -2.31. The van der Waals surface area contributed by atoms with E-state index >= 15 is 0 Å². The molecule has 0 bridgehead atoms. The minimum atomic E-state index is -0.285. The molecule has 0 unspecified atom stereocenters. The van der Waals surface area contributed by atoms with Crippen molar-refractivity contribution in [2.75, 3.05) is 18.4 Å². The molecule has 2 aliphatic heterocycles. The van der Waals surface area contributed by atoms with Gasteiger partial charge in [-0.1, -0.05) is 38.1 Å². The van der Waals surface area contributed by atoms with Crippen LogP contribution in [0.2, 0.25) is 0 Å². The monoisotopic (exact) mass is 490 g/mol. The summed E-state index contributed by atoms with van der Waals surface area (Å²) in [6.45, 7) is 6.07. The zero-order valence-corrected chi connectivity index (χ0v) is 20.6. The zero-order valence-electron chi connectivity index (χ0n) is 20.6. The van der Waals surface area contributed by atoms with Crippen LogP contribution in [0.3, 0.4) is 0 Å². The van der Waals surface area contributed by atoms with Gasteiger partial charge in [-0.25, -0.2) is 9.37 Å². The molecule has 1 N–H and O–H groups in total. The Hall–Kier alpha value is -3.52. The molecule has 7 nitrogen and oxygen atoms in total. The van der Waals surface area contributed by atoms with Gasteiger partial charge in [0.05, 0.1) is 25.2 Å². The van der Waals surface area contributed by atoms with Crippen molar-refractivity contribution < 1.29 is 18.7 Å². The van der Waals surface area contributed by atoms with Crippen LogP contribution in [-0.4, -0.2) is 39.4 Å². The van der Waals surface area contributed by atoms with Gasteiger partial charge in [-0.2, -0.15) is 0 Å². The molecule has 3 heterocycles. The number of amides is 2. The van der Waals surface area contributed by atoms with Crippen molar-refractivity contribution in [2.45, 2.75) is 51.9 Å². The average Bonchev–Trinajstić information content (AvgIpc) is 3.32. The van der Waals surface area contributed by atoms with Crippen molar-refractivity contribution in [2.24, 2.45) is 5.92 Å². The van der Waals surface area contributed by atoms with Crippen LogP contribution < -0.4 is 5.32 Å². The lowest BCUT2D eigenvalue weighted by Crippen LogP contribution is -2.42. The number of piperidine rings is 1. The third-order valence-electron chi connectivity index (χ3n) is 7.17. The van der Waals surface area contributed by atoms with Crippen LogP contribution in [0.4, 0.5) is 10.1 Å². The highest BCUT2D eigenvalue weighted by atomic mass is 19.1. The second-order valence-corrected chi connectivity index (χ2v) is 9.88. The average molecular weight is 491 g/mol. The molecule has 0 aliphatic carbocycles. The van der Waals surface area contributed by atoms with Crippen LogP contribution in [0.5, 0.6) is 0 Å². The SMILES string of the molecule is CC(C)c1ccc(NC(=O)C2CCN(C(=O)c3ncn4c3CO[C@H](c3ccc(F)cc3)C4)CC2)cc1. The quantitative estimate of drug-likeness (QED) is 0.552. The first-order valence-electron chi connectivity index (χ1n) is 12.5. The third kappa shape index (κ3) is 5.04. The second-order valence-electron chi connectivity index (χ2n) is 9.88. The molecule has 3 aromatic rings. The number of aromatic nitrogens is 2. The van der Waals surface area contributed by atoms with Crippen LogP contribution in [-0.2, 0) is 22.7 Å². The summed E-state index contributed by atoms with van der Waals surface area (Å²) < 4.78 is 21.2. The van der Waals surface area contributed by atoms with Gasteiger partial charge < -0.3 is 19.5 Å². The zero-order chi connectivity index (χ0) is 25.2. The number of nitrogens with one attached hydrogen (secondary N) is 1. The van der Waals surface area contributed by atoms with E-state index < -0.39 is 0 Å². The summed E-state index contributed by atoms with van der Waals surface area (Å²) >= 11 is 0. The molecule has 2 aromatic carbocycles. The molecule has 2 amide bonds. The summed E-state index contributed by atoms with van der Waals surface area (Å²) in [5.74, 6) is -0.100. The minimum absolute atomic E-state index is 0.000924. The number of ether oxygens (including phenoxy) is 1. The van der Waals surface area contributed by atoms with E-state index in [0.717, 1.165) is 16.9 Å². The largest absolute Gasteiger partial charge is 0.365 e. The summed E-state index contributed by atoms with van der Waals surface area (Å²) in [6, 6.07) is 14.2. The van der Waals surface area contributed by atoms with Crippen molar-refractivity contribution in [1.29, 1.82) is 0 Å². The fourth-order valence-electron chi connectivity index (χ4n) is 4.88. The minimum Gasteiger partial charge on any atom is -0.365 e. The van der Waals surface area contributed by atoms with Crippen molar-refractivity contribution in [1.82, 2.24) is 14.5 Å². The third-order valence-corrected chi connectivity index (χ3v) is 7.17. The van der Waals surface area contributed by atoms with E-state index in [2.05, 4.69) is 24.1 Å². The summed E-state index contributed by atoms with van der Waals surface area (Å²) in [6.07, 6.45) is 2.68. The maximum Gasteiger partial charge on any atom is 0.274 e. The highest BCUT2D eigenvalue weighted by molar-refractivity contribution is 5.95. The highest BCUT2D eigenvalue weighted by Crippen LogP contribution is 2.29. The normalized spacial score (nSPS) is 18.2. The number of anilines is 1. The summed E-state index contributed by atoms with van der Waals surface area (Å²) in [7, 11) is 0. The molecule has 5 rings (SSSR count). The van der Waals surface area contributed by atoms with Crippen molar-refractivity contribution in [3.63, 3.8) is 0 Å². The molecule has 188 valence electrons. The number of hydrogen-bond donors (Lipinski definition) is 1. The van der Waals surface area contributed by atoms with Gasteiger partial charge in [0.15, 0.2) is 5.69 Å². The number of hydrogen-bond acceptors (Lipinski definition) is 4. The predicted octanol–water partition coefficient (Wildman–Crippen LogP) is 4.91. The van der Waals surface area contributed by atoms with E-state index in [1.807, 2.05) is 28.8 Å². The molecule has 1 fully saturated rings. The van der Waals surface area contributed by atoms with Crippen LogP contribution in [0.1, 0.15) is 66.0 Å². The number of carbonyl (C=O) groups is 2. The molecular formula is C28H31FN4O3. The van der Waals surface area contributed by atoms with E-state index in [1.165, 1.54) is 17.7 Å². The molecule has 1 atom stereocenters. The second kappa shape index (κ2) is 10.2. The topological polar surface area (TPSA) is 76.5 Å². The molecule has 1 aromatic heterocycles. The molecule has 0 radical (unpaired) electrons. The first-order chi connectivity index (χ1) is 17.4. The molecule has 8 heteroatoms. The first kappa shape index (κ1) is 24.2. The van der Waals surface area contributed by atoms with Crippen LogP contribution in [0, 0.1) is 11.7 Å². The molecule has 2 aliphatic rings. The number of benzene rings is 2. The molecule has 0 saturated carbocycles. The Morgan fingerprint density at radius 3 is 2.42 bits per heavy atom. The maximum atomic E-state index is 13.2. The Morgan fingerprint density at radius 2 is 1.75 bits per heavy atom. The van der Waals surface area contributed by atoms with Crippen LogP contribution in [0.25, 0.3) is 0 Å². The van der Waals surface area contributed by atoms with Crippen molar-refractivity contribution in [3.05, 3.63) is 83.2 Å². The number of imidazole rings is 1. The van der Waals surface area contributed by atoms with E-state index in [9.17, 15) is 14.0 Å². The number of nitrogens with zero attached hydrogens (tertiary/aromatic N) is 3. The van der Waals surface area contributed by atoms with Gasteiger partial charge in [0.25, 0.3) is 5.91 Å². The van der Waals surface area contributed by atoms with Gasteiger partial charge in [-0.3, -0.25) is 9.59 Å². The van der Waals surface area contributed by atoms with Gasteiger partial charge in [-0.15, -0.1) is 0 Å².